The Balaban J connectivity index is 1.27. The van der Waals surface area contributed by atoms with Crippen LogP contribution in [-0.4, -0.2) is 15.3 Å². The standard InChI is InChI=1S/C36H20I6O6S/c37-23-14-32(26(40)11-29(23)43)46-17-1-5-20(6-2-17)49-35-7-3-18(47-33-15-24(38)30(44)12-27(33)41)9-21(35)22-10-19(4-8-36(22)49)48-34-16-25(39)31(45)13-28(34)42/h1-16,43-45,49H. The Morgan fingerprint density at radius 3 is 1.12 bits per heavy atom. The zero-order valence-corrected chi connectivity index (χ0v) is 38.4. The van der Waals surface area contributed by atoms with E-state index in [2.05, 4.69) is 172 Å². The van der Waals surface area contributed by atoms with E-state index in [1.54, 1.807) is 18.2 Å². The molecule has 0 aliphatic carbocycles. The van der Waals surface area contributed by atoms with Gasteiger partial charge in [0, 0.05) is 9.79 Å². The van der Waals surface area contributed by atoms with E-state index in [0.29, 0.717) is 41.6 Å². The summed E-state index contributed by atoms with van der Waals surface area (Å²) in [4.78, 5) is 3.58. The lowest BCUT2D eigenvalue weighted by Gasteiger charge is -2.20. The minimum Gasteiger partial charge on any atom is -0.507 e. The summed E-state index contributed by atoms with van der Waals surface area (Å²) in [6.07, 6.45) is 0. The van der Waals surface area contributed by atoms with Crippen molar-refractivity contribution in [1.82, 2.24) is 0 Å². The fourth-order valence-corrected chi connectivity index (χ4v) is 10.8. The van der Waals surface area contributed by atoms with E-state index >= 15 is 0 Å². The molecule has 0 radical (unpaired) electrons. The fraction of sp³-hybridized carbons (Fsp3) is 0. The molecular weight excluding hydrogens is 1320 g/mol. The topological polar surface area (TPSA) is 88.4 Å². The molecule has 1 aliphatic heterocycles. The van der Waals surface area contributed by atoms with E-state index in [1.165, 1.54) is 14.7 Å². The molecule has 0 amide bonds. The van der Waals surface area contributed by atoms with Gasteiger partial charge < -0.3 is 29.5 Å². The van der Waals surface area contributed by atoms with Gasteiger partial charge in [-0.15, -0.1) is 0 Å². The molecule has 49 heavy (non-hydrogen) atoms. The van der Waals surface area contributed by atoms with Gasteiger partial charge in [0.25, 0.3) is 0 Å². The van der Waals surface area contributed by atoms with Crippen molar-refractivity contribution < 1.29 is 29.5 Å². The lowest BCUT2D eigenvalue weighted by Crippen LogP contribution is -1.91. The summed E-state index contributed by atoms with van der Waals surface area (Å²) in [7, 11) is -0.908. The molecular formula is C36H20I6O6S. The quantitative estimate of drug-likeness (QED) is 0.0940. The van der Waals surface area contributed by atoms with Crippen LogP contribution in [0.25, 0.3) is 11.1 Å². The first-order valence-corrected chi connectivity index (χ1v) is 22.0. The first-order valence-electron chi connectivity index (χ1n) is 14.2. The second-order valence-electron chi connectivity index (χ2n) is 10.7. The van der Waals surface area contributed by atoms with Crippen LogP contribution in [0.5, 0.6) is 51.7 Å². The molecule has 0 fully saturated rings. The zero-order chi connectivity index (χ0) is 34.6. The fourth-order valence-electron chi connectivity index (χ4n) is 5.22. The van der Waals surface area contributed by atoms with Crippen LogP contribution in [0.1, 0.15) is 0 Å². The summed E-state index contributed by atoms with van der Waals surface area (Å²) in [6, 6.07) is 31.3. The van der Waals surface area contributed by atoms with Gasteiger partial charge >= 0.3 is 0 Å². The van der Waals surface area contributed by atoms with Gasteiger partial charge in [-0.25, -0.2) is 0 Å². The van der Waals surface area contributed by atoms with Gasteiger partial charge in [0.2, 0.25) is 0 Å². The molecule has 13 heteroatoms. The third-order valence-electron chi connectivity index (χ3n) is 7.49. The molecule has 0 saturated carbocycles. The van der Waals surface area contributed by atoms with E-state index in [9.17, 15) is 15.3 Å². The molecule has 0 bridgehead atoms. The molecule has 0 aromatic heterocycles. The maximum atomic E-state index is 10.2. The van der Waals surface area contributed by atoms with Crippen molar-refractivity contribution in [2.75, 3.05) is 0 Å². The highest BCUT2D eigenvalue weighted by Gasteiger charge is 2.29. The number of hydrogen-bond acceptors (Lipinski definition) is 6. The number of ether oxygens (including phenoxy) is 3. The molecule has 0 saturated heterocycles. The Kier molecular flexibility index (Phi) is 11.1. The van der Waals surface area contributed by atoms with Crippen molar-refractivity contribution in [2.24, 2.45) is 0 Å². The number of hydrogen-bond donors (Lipinski definition) is 4. The predicted octanol–water partition coefficient (Wildman–Crippen LogP) is 13.3. The lowest BCUT2D eigenvalue weighted by molar-refractivity contribution is 0.458. The lowest BCUT2D eigenvalue weighted by atomic mass is 10.1. The molecule has 1 aliphatic rings. The maximum Gasteiger partial charge on any atom is 0.142 e. The number of halogens is 6. The number of thiol groups is 1. The first-order chi connectivity index (χ1) is 23.4. The number of fused-ring (bicyclic) bond motifs is 3. The summed E-state index contributed by atoms with van der Waals surface area (Å²) in [6.45, 7) is 0. The molecule has 6 nitrogen and oxygen atoms in total. The summed E-state index contributed by atoms with van der Waals surface area (Å²) in [5.41, 5.74) is 2.13. The van der Waals surface area contributed by atoms with Gasteiger partial charge in [-0.1, -0.05) is 0 Å². The Bertz CT molecular complexity index is 2170. The molecule has 7 rings (SSSR count). The smallest absolute Gasteiger partial charge is 0.142 e. The van der Waals surface area contributed by atoms with Crippen LogP contribution in [0.3, 0.4) is 0 Å². The van der Waals surface area contributed by atoms with Crippen molar-refractivity contribution in [3.63, 3.8) is 0 Å². The highest BCUT2D eigenvalue weighted by atomic mass is 127. The van der Waals surface area contributed by atoms with Gasteiger partial charge in [0.1, 0.15) is 51.7 Å². The monoisotopic (exact) mass is 1340 g/mol. The van der Waals surface area contributed by atoms with Crippen molar-refractivity contribution >= 4 is 146 Å². The maximum absolute atomic E-state index is 10.2. The Morgan fingerprint density at radius 2 is 0.735 bits per heavy atom. The summed E-state index contributed by atoms with van der Waals surface area (Å²) >= 11 is 12.8. The second-order valence-corrected chi connectivity index (χ2v) is 19.8. The average Bonchev–Trinajstić information content (AvgIpc) is 3.38. The Hall–Kier alpha value is -1.15. The molecule has 0 atom stereocenters. The highest BCUT2D eigenvalue weighted by molar-refractivity contribution is 14.1. The molecule has 1 heterocycles. The van der Waals surface area contributed by atoms with Crippen molar-refractivity contribution in [3.8, 4) is 62.9 Å². The van der Waals surface area contributed by atoms with E-state index in [1.807, 2.05) is 42.5 Å². The van der Waals surface area contributed by atoms with E-state index < -0.39 is 10.9 Å². The molecule has 3 N–H and O–H groups in total. The number of rotatable bonds is 7. The van der Waals surface area contributed by atoms with Crippen LogP contribution in [0.15, 0.2) is 112 Å². The van der Waals surface area contributed by atoms with Gasteiger partial charge in [-0.05, 0) is 249 Å². The normalized spacial score (nSPS) is 12.4. The predicted molar refractivity (Wildman–Crippen MR) is 243 cm³/mol. The van der Waals surface area contributed by atoms with Gasteiger partial charge in [0.15, 0.2) is 0 Å². The van der Waals surface area contributed by atoms with E-state index in [0.717, 1.165) is 25.4 Å². The molecule has 248 valence electrons. The second kappa shape index (κ2) is 15.1. The van der Waals surface area contributed by atoms with Crippen LogP contribution in [0, 0.1) is 21.4 Å². The number of aromatic hydroxyl groups is 3. The zero-order valence-electron chi connectivity index (χ0n) is 24.5. The molecule has 0 spiro atoms. The Labute approximate surface area is 366 Å². The highest BCUT2D eigenvalue weighted by Crippen LogP contribution is 2.63. The summed E-state index contributed by atoms with van der Waals surface area (Å²) in [5, 5.41) is 30.4. The largest absolute Gasteiger partial charge is 0.507 e. The van der Waals surface area contributed by atoms with Crippen LogP contribution < -0.4 is 14.2 Å². The van der Waals surface area contributed by atoms with Crippen LogP contribution in [0.4, 0.5) is 0 Å². The van der Waals surface area contributed by atoms with Crippen LogP contribution in [0.2, 0.25) is 0 Å². The Morgan fingerprint density at radius 1 is 0.388 bits per heavy atom. The average molecular weight is 1340 g/mol. The van der Waals surface area contributed by atoms with Gasteiger partial charge in [-0.2, -0.15) is 10.9 Å². The minimum atomic E-state index is -0.908. The van der Waals surface area contributed by atoms with E-state index in [4.69, 9.17) is 14.2 Å². The third kappa shape index (κ3) is 7.67. The van der Waals surface area contributed by atoms with Crippen LogP contribution in [-0.2, 0) is 0 Å². The number of phenolic OH excluding ortho intramolecular Hbond substituents is 3. The first kappa shape index (κ1) is 36.2. The molecule has 0 unspecified atom stereocenters. The van der Waals surface area contributed by atoms with Crippen molar-refractivity contribution in [3.05, 3.63) is 118 Å². The van der Waals surface area contributed by atoms with Gasteiger partial charge in [-0.3, -0.25) is 0 Å². The molecule has 6 aromatic carbocycles. The molecule has 6 aromatic rings. The SMILES string of the molecule is Oc1cc(I)c(Oc2ccc([SH]3c4ccc(Oc5cc(I)c(O)cc5I)cc4-c4cc(Oc5cc(I)c(O)cc5I)ccc43)cc2)cc1I. The number of phenols is 3. The van der Waals surface area contributed by atoms with Gasteiger partial charge in [0.05, 0.1) is 21.4 Å². The van der Waals surface area contributed by atoms with Crippen molar-refractivity contribution in [2.45, 2.75) is 14.7 Å². The summed E-state index contributed by atoms with van der Waals surface area (Å²) in [5.74, 6) is 4.80. The third-order valence-corrected chi connectivity index (χ3v) is 15.2. The van der Waals surface area contributed by atoms with E-state index in [-0.39, 0.29) is 17.2 Å². The summed E-state index contributed by atoms with van der Waals surface area (Å²) < 4.78 is 23.6. The number of benzene rings is 6. The van der Waals surface area contributed by atoms with Crippen LogP contribution >= 0.6 is 146 Å². The van der Waals surface area contributed by atoms with Crippen molar-refractivity contribution in [1.29, 1.82) is 0 Å². The minimum absolute atomic E-state index is 0.223.